The maximum absolute atomic E-state index is 11.2. The van der Waals surface area contributed by atoms with E-state index in [1.807, 2.05) is 0 Å². The number of aliphatic hydroxyl groups is 1. The molecule has 0 heterocycles. The van der Waals surface area contributed by atoms with Crippen LogP contribution in [-0.2, 0) is 9.53 Å². The SMILES string of the molecule is CCOC(=O)C(O)c1ccccc1Cl. The van der Waals surface area contributed by atoms with E-state index < -0.39 is 12.1 Å². The fourth-order valence-corrected chi connectivity index (χ4v) is 1.28. The van der Waals surface area contributed by atoms with Crippen LogP contribution in [0.2, 0.25) is 5.02 Å². The molecule has 4 heteroatoms. The Morgan fingerprint density at radius 2 is 2.21 bits per heavy atom. The first kappa shape index (κ1) is 11.0. The van der Waals surface area contributed by atoms with Crippen molar-refractivity contribution in [1.29, 1.82) is 0 Å². The Kier molecular flexibility index (Phi) is 3.92. The summed E-state index contributed by atoms with van der Waals surface area (Å²) in [6.07, 6.45) is -1.30. The van der Waals surface area contributed by atoms with E-state index in [4.69, 9.17) is 11.6 Å². The van der Waals surface area contributed by atoms with Gasteiger partial charge in [0, 0.05) is 10.6 Å². The smallest absolute Gasteiger partial charge is 0.339 e. The van der Waals surface area contributed by atoms with Gasteiger partial charge in [-0.3, -0.25) is 0 Å². The van der Waals surface area contributed by atoms with Gasteiger partial charge < -0.3 is 9.84 Å². The number of esters is 1. The van der Waals surface area contributed by atoms with E-state index in [1.165, 1.54) is 0 Å². The van der Waals surface area contributed by atoms with E-state index in [2.05, 4.69) is 4.74 Å². The average Bonchev–Trinajstić information content (AvgIpc) is 2.18. The van der Waals surface area contributed by atoms with Crippen molar-refractivity contribution in [2.24, 2.45) is 0 Å². The van der Waals surface area contributed by atoms with Gasteiger partial charge in [0.1, 0.15) is 0 Å². The van der Waals surface area contributed by atoms with Crippen LogP contribution in [0.25, 0.3) is 0 Å². The number of carbonyl (C=O) groups excluding carboxylic acids is 1. The number of carbonyl (C=O) groups is 1. The van der Waals surface area contributed by atoms with Gasteiger partial charge in [-0.05, 0) is 13.0 Å². The summed E-state index contributed by atoms with van der Waals surface area (Å²) in [4.78, 5) is 11.2. The van der Waals surface area contributed by atoms with Gasteiger partial charge in [0.25, 0.3) is 0 Å². The number of hydrogen-bond donors (Lipinski definition) is 1. The number of ether oxygens (including phenoxy) is 1. The molecule has 1 aromatic carbocycles. The van der Waals surface area contributed by atoms with Crippen molar-refractivity contribution in [3.8, 4) is 0 Å². The molecular formula is C10H11ClO3. The molecular weight excluding hydrogens is 204 g/mol. The van der Waals surface area contributed by atoms with Crippen LogP contribution in [0.3, 0.4) is 0 Å². The highest BCUT2D eigenvalue weighted by atomic mass is 35.5. The van der Waals surface area contributed by atoms with Crippen LogP contribution in [0.15, 0.2) is 24.3 Å². The molecule has 1 N–H and O–H groups in total. The van der Waals surface area contributed by atoms with Crippen molar-refractivity contribution in [2.45, 2.75) is 13.0 Å². The number of aliphatic hydroxyl groups excluding tert-OH is 1. The molecule has 0 aliphatic heterocycles. The van der Waals surface area contributed by atoms with Crippen LogP contribution in [-0.4, -0.2) is 17.7 Å². The molecule has 0 fully saturated rings. The van der Waals surface area contributed by atoms with E-state index in [-0.39, 0.29) is 6.61 Å². The number of rotatable bonds is 3. The Morgan fingerprint density at radius 1 is 1.57 bits per heavy atom. The fraction of sp³-hybridized carbons (Fsp3) is 0.300. The van der Waals surface area contributed by atoms with Crippen LogP contribution in [0.4, 0.5) is 0 Å². The zero-order valence-corrected chi connectivity index (χ0v) is 8.49. The third-order valence-electron chi connectivity index (χ3n) is 1.71. The van der Waals surface area contributed by atoms with Gasteiger partial charge in [0.05, 0.1) is 6.61 Å². The van der Waals surface area contributed by atoms with Crippen LogP contribution < -0.4 is 0 Å². The molecule has 0 aromatic heterocycles. The van der Waals surface area contributed by atoms with Crippen LogP contribution in [0, 0.1) is 0 Å². The summed E-state index contributed by atoms with van der Waals surface area (Å²) < 4.78 is 4.67. The first-order valence-electron chi connectivity index (χ1n) is 4.26. The van der Waals surface area contributed by atoms with Crippen molar-refractivity contribution in [2.75, 3.05) is 6.61 Å². The zero-order chi connectivity index (χ0) is 10.6. The predicted octanol–water partition coefficient (Wildman–Crippen LogP) is 1.94. The van der Waals surface area contributed by atoms with Crippen LogP contribution >= 0.6 is 11.6 Å². The Labute approximate surface area is 87.3 Å². The standard InChI is InChI=1S/C10H11ClO3/c1-2-14-10(13)9(12)7-5-3-4-6-8(7)11/h3-6,9,12H,2H2,1H3. The lowest BCUT2D eigenvalue weighted by Gasteiger charge is -2.10. The molecule has 0 aliphatic carbocycles. The first-order chi connectivity index (χ1) is 6.66. The molecule has 1 aromatic rings. The molecule has 1 atom stereocenters. The van der Waals surface area contributed by atoms with E-state index in [9.17, 15) is 9.90 Å². The summed E-state index contributed by atoms with van der Waals surface area (Å²) in [6, 6.07) is 6.62. The summed E-state index contributed by atoms with van der Waals surface area (Å²) in [5, 5.41) is 9.90. The maximum Gasteiger partial charge on any atom is 0.339 e. The number of hydrogen-bond acceptors (Lipinski definition) is 3. The van der Waals surface area contributed by atoms with Crippen molar-refractivity contribution >= 4 is 17.6 Å². The minimum Gasteiger partial charge on any atom is -0.464 e. The molecule has 0 saturated heterocycles. The molecule has 0 amide bonds. The highest BCUT2D eigenvalue weighted by molar-refractivity contribution is 6.31. The highest BCUT2D eigenvalue weighted by Gasteiger charge is 2.20. The van der Waals surface area contributed by atoms with E-state index in [1.54, 1.807) is 31.2 Å². The predicted molar refractivity (Wildman–Crippen MR) is 53.0 cm³/mol. The quantitative estimate of drug-likeness (QED) is 0.783. The van der Waals surface area contributed by atoms with Gasteiger partial charge in [-0.25, -0.2) is 4.79 Å². The molecule has 14 heavy (non-hydrogen) atoms. The molecule has 3 nitrogen and oxygen atoms in total. The fourth-order valence-electron chi connectivity index (χ4n) is 1.05. The minimum atomic E-state index is -1.30. The van der Waals surface area contributed by atoms with Gasteiger partial charge in [-0.1, -0.05) is 29.8 Å². The van der Waals surface area contributed by atoms with E-state index in [0.717, 1.165) is 0 Å². The minimum absolute atomic E-state index is 0.236. The molecule has 0 radical (unpaired) electrons. The van der Waals surface area contributed by atoms with Crippen molar-refractivity contribution in [3.05, 3.63) is 34.9 Å². The van der Waals surface area contributed by atoms with Crippen LogP contribution in [0.1, 0.15) is 18.6 Å². The highest BCUT2D eigenvalue weighted by Crippen LogP contribution is 2.23. The summed E-state index contributed by atoms with van der Waals surface area (Å²) in [7, 11) is 0. The first-order valence-corrected chi connectivity index (χ1v) is 4.63. The lowest BCUT2D eigenvalue weighted by molar-refractivity contribution is -0.153. The largest absolute Gasteiger partial charge is 0.464 e. The average molecular weight is 215 g/mol. The summed E-state index contributed by atoms with van der Waals surface area (Å²) in [5.41, 5.74) is 0.368. The molecule has 0 aliphatic rings. The van der Waals surface area contributed by atoms with E-state index >= 15 is 0 Å². The summed E-state index contributed by atoms with van der Waals surface area (Å²) in [6.45, 7) is 1.91. The lowest BCUT2D eigenvalue weighted by atomic mass is 10.1. The van der Waals surface area contributed by atoms with Gasteiger partial charge in [-0.2, -0.15) is 0 Å². The van der Waals surface area contributed by atoms with Gasteiger partial charge in [0.2, 0.25) is 0 Å². The molecule has 1 rings (SSSR count). The zero-order valence-electron chi connectivity index (χ0n) is 7.74. The van der Waals surface area contributed by atoms with E-state index in [0.29, 0.717) is 10.6 Å². The summed E-state index contributed by atoms with van der Waals surface area (Å²) >= 11 is 5.80. The van der Waals surface area contributed by atoms with Crippen molar-refractivity contribution < 1.29 is 14.6 Å². The van der Waals surface area contributed by atoms with Gasteiger partial charge >= 0.3 is 5.97 Å². The summed E-state index contributed by atoms with van der Waals surface area (Å²) in [5.74, 6) is -0.680. The molecule has 0 spiro atoms. The second kappa shape index (κ2) is 4.98. The van der Waals surface area contributed by atoms with Gasteiger partial charge in [0.15, 0.2) is 6.10 Å². The topological polar surface area (TPSA) is 46.5 Å². The van der Waals surface area contributed by atoms with Crippen molar-refractivity contribution in [3.63, 3.8) is 0 Å². The Balaban J connectivity index is 2.84. The third kappa shape index (κ3) is 2.47. The Morgan fingerprint density at radius 3 is 2.79 bits per heavy atom. The molecule has 1 unspecified atom stereocenters. The lowest BCUT2D eigenvalue weighted by Crippen LogP contribution is -2.15. The number of halogens is 1. The monoisotopic (exact) mass is 214 g/mol. The second-order valence-electron chi connectivity index (χ2n) is 2.68. The molecule has 0 saturated carbocycles. The molecule has 0 bridgehead atoms. The molecule has 76 valence electrons. The van der Waals surface area contributed by atoms with Crippen LogP contribution in [0.5, 0.6) is 0 Å². The Bertz CT molecular complexity index is 325. The van der Waals surface area contributed by atoms with Crippen molar-refractivity contribution in [1.82, 2.24) is 0 Å². The number of benzene rings is 1. The maximum atomic E-state index is 11.2. The van der Waals surface area contributed by atoms with Gasteiger partial charge in [-0.15, -0.1) is 0 Å². The Hall–Kier alpha value is -1.06. The second-order valence-corrected chi connectivity index (χ2v) is 3.08. The normalized spacial score (nSPS) is 12.2. The third-order valence-corrected chi connectivity index (χ3v) is 2.05.